The van der Waals surface area contributed by atoms with E-state index in [1.807, 2.05) is 0 Å². The second kappa shape index (κ2) is 5.70. The molecule has 1 heterocycles. The standard InChI is InChI=1S/C13H11FN2O3S/c1-19-13(18)11-10(4-5-20-11)16-12(17)8-6-7(14)2-3-9(8)15/h2-6H,15H2,1H3,(H,16,17). The van der Waals surface area contributed by atoms with Crippen LogP contribution in [-0.4, -0.2) is 19.0 Å². The van der Waals surface area contributed by atoms with Crippen LogP contribution in [0.3, 0.4) is 0 Å². The van der Waals surface area contributed by atoms with Crippen molar-refractivity contribution in [3.8, 4) is 0 Å². The van der Waals surface area contributed by atoms with E-state index in [0.29, 0.717) is 5.69 Å². The van der Waals surface area contributed by atoms with E-state index in [9.17, 15) is 14.0 Å². The summed E-state index contributed by atoms with van der Waals surface area (Å²) in [6.45, 7) is 0. The molecule has 0 aliphatic carbocycles. The van der Waals surface area contributed by atoms with Crippen LogP contribution in [0.4, 0.5) is 15.8 Å². The van der Waals surface area contributed by atoms with E-state index in [2.05, 4.69) is 10.1 Å². The number of ether oxygens (including phenoxy) is 1. The SMILES string of the molecule is COC(=O)c1sccc1NC(=O)c1cc(F)ccc1N. The Morgan fingerprint density at radius 1 is 1.35 bits per heavy atom. The molecule has 1 amide bonds. The Morgan fingerprint density at radius 2 is 2.10 bits per heavy atom. The van der Waals surface area contributed by atoms with Gasteiger partial charge in [0.05, 0.1) is 18.4 Å². The van der Waals surface area contributed by atoms with E-state index in [1.165, 1.54) is 13.2 Å². The highest BCUT2D eigenvalue weighted by molar-refractivity contribution is 7.12. The van der Waals surface area contributed by atoms with E-state index in [1.54, 1.807) is 11.4 Å². The predicted molar refractivity (Wildman–Crippen MR) is 74.4 cm³/mol. The summed E-state index contributed by atoms with van der Waals surface area (Å²) in [5.41, 5.74) is 6.09. The number of hydrogen-bond donors (Lipinski definition) is 2. The summed E-state index contributed by atoms with van der Waals surface area (Å²) < 4.78 is 17.7. The fourth-order valence-electron chi connectivity index (χ4n) is 1.57. The molecule has 0 saturated carbocycles. The molecule has 20 heavy (non-hydrogen) atoms. The summed E-state index contributed by atoms with van der Waals surface area (Å²) in [6, 6.07) is 5.06. The summed E-state index contributed by atoms with van der Waals surface area (Å²) in [4.78, 5) is 23.8. The summed E-state index contributed by atoms with van der Waals surface area (Å²) in [5.74, 6) is -1.71. The number of benzene rings is 1. The number of hydrogen-bond acceptors (Lipinski definition) is 5. The lowest BCUT2D eigenvalue weighted by Gasteiger charge is -2.07. The number of carbonyl (C=O) groups excluding carboxylic acids is 2. The van der Waals surface area contributed by atoms with Crippen molar-refractivity contribution in [2.75, 3.05) is 18.2 Å². The lowest BCUT2D eigenvalue weighted by atomic mass is 10.1. The minimum Gasteiger partial charge on any atom is -0.465 e. The van der Waals surface area contributed by atoms with Crippen molar-refractivity contribution in [1.82, 2.24) is 0 Å². The minimum atomic E-state index is -0.592. The normalized spacial score (nSPS) is 10.1. The van der Waals surface area contributed by atoms with Crippen LogP contribution < -0.4 is 11.1 Å². The number of anilines is 2. The van der Waals surface area contributed by atoms with Crippen molar-refractivity contribution in [2.45, 2.75) is 0 Å². The predicted octanol–water partition coefficient (Wildman–Crippen LogP) is 2.51. The maximum Gasteiger partial charge on any atom is 0.350 e. The molecule has 0 saturated heterocycles. The van der Waals surface area contributed by atoms with Crippen LogP contribution in [-0.2, 0) is 4.74 Å². The van der Waals surface area contributed by atoms with Crippen molar-refractivity contribution >= 4 is 34.6 Å². The number of amides is 1. The molecular formula is C13H11FN2O3S. The van der Waals surface area contributed by atoms with Crippen molar-refractivity contribution in [1.29, 1.82) is 0 Å². The van der Waals surface area contributed by atoms with Crippen LogP contribution in [0, 0.1) is 5.82 Å². The first-order valence-corrected chi connectivity index (χ1v) is 6.43. The van der Waals surface area contributed by atoms with Crippen molar-refractivity contribution in [2.24, 2.45) is 0 Å². The fourth-order valence-corrected chi connectivity index (χ4v) is 2.34. The number of rotatable bonds is 3. The quantitative estimate of drug-likeness (QED) is 0.673. The average Bonchev–Trinajstić information content (AvgIpc) is 2.88. The first kappa shape index (κ1) is 14.0. The number of nitrogen functional groups attached to an aromatic ring is 1. The molecule has 1 aromatic carbocycles. The van der Waals surface area contributed by atoms with Gasteiger partial charge in [0.15, 0.2) is 0 Å². The molecule has 5 nitrogen and oxygen atoms in total. The molecule has 0 bridgehead atoms. The zero-order chi connectivity index (χ0) is 14.7. The van der Waals surface area contributed by atoms with E-state index in [-0.39, 0.29) is 16.1 Å². The number of halogens is 1. The van der Waals surface area contributed by atoms with E-state index >= 15 is 0 Å². The summed E-state index contributed by atoms with van der Waals surface area (Å²) in [7, 11) is 1.25. The molecule has 0 fully saturated rings. The third kappa shape index (κ3) is 2.77. The van der Waals surface area contributed by atoms with Crippen molar-refractivity contribution in [3.63, 3.8) is 0 Å². The van der Waals surface area contributed by atoms with Gasteiger partial charge >= 0.3 is 5.97 Å². The molecule has 0 atom stereocenters. The second-order valence-corrected chi connectivity index (χ2v) is 4.76. The Bertz CT molecular complexity index is 669. The van der Waals surface area contributed by atoms with Crippen LogP contribution in [0.1, 0.15) is 20.0 Å². The summed E-state index contributed by atoms with van der Waals surface area (Å²) >= 11 is 1.13. The van der Waals surface area contributed by atoms with E-state index in [4.69, 9.17) is 5.73 Å². The lowest BCUT2D eigenvalue weighted by molar-refractivity contribution is 0.0607. The first-order valence-electron chi connectivity index (χ1n) is 5.55. The maximum atomic E-state index is 13.1. The number of methoxy groups -OCH3 is 1. The topological polar surface area (TPSA) is 81.4 Å². The third-order valence-electron chi connectivity index (χ3n) is 2.54. The zero-order valence-corrected chi connectivity index (χ0v) is 11.3. The van der Waals surface area contributed by atoms with Gasteiger partial charge in [0.1, 0.15) is 10.7 Å². The summed E-state index contributed by atoms with van der Waals surface area (Å²) in [6.07, 6.45) is 0. The Balaban J connectivity index is 2.26. The molecule has 2 aromatic rings. The molecule has 0 unspecified atom stereocenters. The largest absolute Gasteiger partial charge is 0.465 e. The van der Waals surface area contributed by atoms with Gasteiger partial charge in [-0.3, -0.25) is 4.79 Å². The Labute approximate surface area is 118 Å². The molecule has 0 aliphatic heterocycles. The van der Waals surface area contributed by atoms with Crippen LogP contribution in [0.15, 0.2) is 29.6 Å². The maximum absolute atomic E-state index is 13.1. The van der Waals surface area contributed by atoms with Gasteiger partial charge < -0.3 is 15.8 Å². The minimum absolute atomic E-state index is 0.00650. The van der Waals surface area contributed by atoms with Crippen LogP contribution in [0.25, 0.3) is 0 Å². The van der Waals surface area contributed by atoms with Gasteiger partial charge in [-0.25, -0.2) is 9.18 Å². The second-order valence-electron chi connectivity index (χ2n) is 3.84. The van der Waals surface area contributed by atoms with Crippen molar-refractivity contribution < 1.29 is 18.7 Å². The molecule has 7 heteroatoms. The summed E-state index contributed by atoms with van der Waals surface area (Å²) in [5, 5.41) is 4.15. The number of esters is 1. The van der Waals surface area contributed by atoms with Crippen LogP contribution in [0.2, 0.25) is 0 Å². The molecule has 0 radical (unpaired) electrons. The average molecular weight is 294 g/mol. The van der Waals surface area contributed by atoms with Gasteiger partial charge in [-0.05, 0) is 29.6 Å². The zero-order valence-electron chi connectivity index (χ0n) is 10.5. The van der Waals surface area contributed by atoms with E-state index in [0.717, 1.165) is 23.5 Å². The Kier molecular flexibility index (Phi) is 3.99. The number of thiophene rings is 1. The van der Waals surface area contributed by atoms with Gasteiger partial charge in [-0.15, -0.1) is 11.3 Å². The van der Waals surface area contributed by atoms with E-state index < -0.39 is 17.7 Å². The number of nitrogens with two attached hydrogens (primary N) is 1. The highest BCUT2D eigenvalue weighted by Gasteiger charge is 2.17. The molecule has 3 N–H and O–H groups in total. The van der Waals surface area contributed by atoms with Gasteiger partial charge in [-0.2, -0.15) is 0 Å². The third-order valence-corrected chi connectivity index (χ3v) is 3.44. The first-order chi connectivity index (χ1) is 9.52. The number of carbonyl (C=O) groups is 2. The fraction of sp³-hybridized carbons (Fsp3) is 0.0769. The highest BCUT2D eigenvalue weighted by Crippen LogP contribution is 2.24. The smallest absolute Gasteiger partial charge is 0.350 e. The van der Waals surface area contributed by atoms with Gasteiger partial charge in [0.25, 0.3) is 5.91 Å². The van der Waals surface area contributed by atoms with Crippen LogP contribution in [0.5, 0.6) is 0 Å². The molecule has 2 rings (SSSR count). The Morgan fingerprint density at radius 3 is 2.80 bits per heavy atom. The van der Waals surface area contributed by atoms with Gasteiger partial charge in [-0.1, -0.05) is 0 Å². The molecule has 0 aliphatic rings. The lowest BCUT2D eigenvalue weighted by Crippen LogP contribution is -2.15. The van der Waals surface area contributed by atoms with Crippen molar-refractivity contribution in [3.05, 3.63) is 45.9 Å². The number of nitrogens with one attached hydrogen (secondary N) is 1. The van der Waals surface area contributed by atoms with Gasteiger partial charge in [0, 0.05) is 5.69 Å². The Hall–Kier alpha value is -2.41. The molecular weight excluding hydrogens is 283 g/mol. The molecule has 104 valence electrons. The molecule has 0 spiro atoms. The highest BCUT2D eigenvalue weighted by atomic mass is 32.1. The van der Waals surface area contributed by atoms with Gasteiger partial charge in [0.2, 0.25) is 0 Å². The molecule has 1 aromatic heterocycles. The van der Waals surface area contributed by atoms with Crippen LogP contribution >= 0.6 is 11.3 Å². The monoisotopic (exact) mass is 294 g/mol.